The number of thioether (sulfide) groups is 1. The Hall–Kier alpha value is -2.58. The van der Waals surface area contributed by atoms with Gasteiger partial charge in [-0.1, -0.05) is 30.0 Å². The lowest BCUT2D eigenvalue weighted by atomic mass is 10.1. The van der Waals surface area contributed by atoms with E-state index < -0.39 is 0 Å². The summed E-state index contributed by atoms with van der Waals surface area (Å²) < 4.78 is 1.66. The number of hydrogen-bond acceptors (Lipinski definition) is 4. The molecule has 0 saturated carbocycles. The van der Waals surface area contributed by atoms with E-state index in [1.165, 1.54) is 11.8 Å². The first-order chi connectivity index (χ1) is 11.6. The molecule has 0 aliphatic rings. The third-order valence-corrected chi connectivity index (χ3v) is 4.59. The molecule has 0 radical (unpaired) electrons. The van der Waals surface area contributed by atoms with Gasteiger partial charge in [0.25, 0.3) is 5.56 Å². The van der Waals surface area contributed by atoms with Crippen molar-refractivity contribution in [3.8, 4) is 11.8 Å². The van der Waals surface area contributed by atoms with Crippen LogP contribution in [0.15, 0.2) is 52.4 Å². The molecule has 24 heavy (non-hydrogen) atoms. The standard InChI is InChI=1S/C19H17N3OS/c1-13-10-14(2)12-15(11-13)22-18(23)16-6-3-4-7-17(16)21-19(22)24-9-5-8-20/h3-4,6-7,10-12H,5,9H2,1-2H3. The van der Waals surface area contributed by atoms with E-state index in [9.17, 15) is 4.79 Å². The van der Waals surface area contributed by atoms with Crippen LogP contribution in [0.25, 0.3) is 16.6 Å². The Labute approximate surface area is 144 Å². The minimum absolute atomic E-state index is 0.0787. The predicted molar refractivity (Wildman–Crippen MR) is 97.8 cm³/mol. The van der Waals surface area contributed by atoms with Crippen molar-refractivity contribution in [3.05, 3.63) is 63.9 Å². The molecular weight excluding hydrogens is 318 g/mol. The van der Waals surface area contributed by atoms with Crippen LogP contribution in [0.5, 0.6) is 0 Å². The molecule has 0 atom stereocenters. The van der Waals surface area contributed by atoms with Gasteiger partial charge in [-0.05, 0) is 49.2 Å². The molecular formula is C19H17N3OS. The van der Waals surface area contributed by atoms with Crippen LogP contribution in [0.4, 0.5) is 0 Å². The second kappa shape index (κ2) is 6.90. The lowest BCUT2D eigenvalue weighted by molar-refractivity contribution is 0.818. The van der Waals surface area contributed by atoms with E-state index in [4.69, 9.17) is 5.26 Å². The summed E-state index contributed by atoms with van der Waals surface area (Å²) >= 11 is 1.44. The Kier molecular flexibility index (Phi) is 4.68. The van der Waals surface area contributed by atoms with Crippen LogP contribution in [0.3, 0.4) is 0 Å². The lowest BCUT2D eigenvalue weighted by Gasteiger charge is -2.14. The van der Waals surface area contributed by atoms with Crippen LogP contribution < -0.4 is 5.56 Å². The molecule has 3 aromatic rings. The van der Waals surface area contributed by atoms with Gasteiger partial charge in [0, 0.05) is 12.2 Å². The zero-order chi connectivity index (χ0) is 17.1. The highest BCUT2D eigenvalue weighted by atomic mass is 32.2. The lowest BCUT2D eigenvalue weighted by Crippen LogP contribution is -2.22. The van der Waals surface area contributed by atoms with Crippen LogP contribution in [-0.4, -0.2) is 15.3 Å². The number of aryl methyl sites for hydroxylation is 2. The van der Waals surface area contributed by atoms with Crippen LogP contribution in [0.1, 0.15) is 17.5 Å². The van der Waals surface area contributed by atoms with Gasteiger partial charge in [-0.3, -0.25) is 9.36 Å². The van der Waals surface area contributed by atoms with E-state index in [1.54, 1.807) is 10.6 Å². The molecule has 0 N–H and O–H groups in total. The Morgan fingerprint density at radius 2 is 1.88 bits per heavy atom. The summed E-state index contributed by atoms with van der Waals surface area (Å²) in [7, 11) is 0. The minimum atomic E-state index is -0.0787. The monoisotopic (exact) mass is 335 g/mol. The van der Waals surface area contributed by atoms with E-state index in [0.717, 1.165) is 16.8 Å². The molecule has 0 spiro atoms. The zero-order valence-electron chi connectivity index (χ0n) is 13.6. The predicted octanol–water partition coefficient (Wildman–Crippen LogP) is 4.01. The molecule has 4 nitrogen and oxygen atoms in total. The summed E-state index contributed by atoms with van der Waals surface area (Å²) in [6, 6.07) is 15.5. The minimum Gasteiger partial charge on any atom is -0.268 e. The quantitative estimate of drug-likeness (QED) is 0.411. The normalized spacial score (nSPS) is 10.7. The average molecular weight is 335 g/mol. The van der Waals surface area contributed by atoms with Gasteiger partial charge in [0.2, 0.25) is 0 Å². The fourth-order valence-corrected chi connectivity index (χ4v) is 3.56. The summed E-state index contributed by atoms with van der Waals surface area (Å²) in [6.07, 6.45) is 0.417. The van der Waals surface area contributed by atoms with Crippen LogP contribution >= 0.6 is 11.8 Å². The maximum Gasteiger partial charge on any atom is 0.266 e. The first kappa shape index (κ1) is 16.3. The molecule has 2 aromatic carbocycles. The summed E-state index contributed by atoms with van der Waals surface area (Å²) in [4.78, 5) is 17.7. The van der Waals surface area contributed by atoms with Gasteiger partial charge in [-0.25, -0.2) is 4.98 Å². The summed E-state index contributed by atoms with van der Waals surface area (Å²) in [5.74, 6) is 0.603. The van der Waals surface area contributed by atoms with Crippen molar-refractivity contribution in [2.24, 2.45) is 0 Å². The van der Waals surface area contributed by atoms with Crippen molar-refractivity contribution < 1.29 is 0 Å². The highest BCUT2D eigenvalue weighted by Crippen LogP contribution is 2.23. The van der Waals surface area contributed by atoms with Crippen molar-refractivity contribution in [1.29, 1.82) is 5.26 Å². The van der Waals surface area contributed by atoms with Gasteiger partial charge < -0.3 is 0 Å². The van der Waals surface area contributed by atoms with E-state index in [2.05, 4.69) is 17.1 Å². The van der Waals surface area contributed by atoms with E-state index in [1.807, 2.05) is 44.2 Å². The van der Waals surface area contributed by atoms with Crippen molar-refractivity contribution in [2.75, 3.05) is 5.75 Å². The fraction of sp³-hybridized carbons (Fsp3) is 0.211. The smallest absolute Gasteiger partial charge is 0.266 e. The second-order valence-electron chi connectivity index (χ2n) is 5.65. The average Bonchev–Trinajstić information content (AvgIpc) is 2.54. The molecule has 0 bridgehead atoms. The first-order valence-corrected chi connectivity index (χ1v) is 8.69. The molecule has 0 aliphatic heterocycles. The molecule has 0 fully saturated rings. The number of nitriles is 1. The number of aromatic nitrogens is 2. The summed E-state index contributed by atoms with van der Waals surface area (Å²) in [5, 5.41) is 10.00. The SMILES string of the molecule is Cc1cc(C)cc(-n2c(SCCC#N)nc3ccccc3c2=O)c1. The van der Waals surface area contributed by atoms with Crippen LogP contribution in [0.2, 0.25) is 0 Å². The Morgan fingerprint density at radius 1 is 1.17 bits per heavy atom. The number of rotatable bonds is 4. The molecule has 0 saturated heterocycles. The number of fused-ring (bicyclic) bond motifs is 1. The maximum absolute atomic E-state index is 13.0. The highest BCUT2D eigenvalue weighted by Gasteiger charge is 2.13. The summed E-state index contributed by atoms with van der Waals surface area (Å²) in [5.41, 5.74) is 3.61. The van der Waals surface area contributed by atoms with Crippen molar-refractivity contribution >= 4 is 22.7 Å². The number of para-hydroxylation sites is 1. The van der Waals surface area contributed by atoms with Crippen molar-refractivity contribution in [3.63, 3.8) is 0 Å². The third kappa shape index (κ3) is 3.19. The molecule has 5 heteroatoms. The topological polar surface area (TPSA) is 58.7 Å². The number of nitrogens with zero attached hydrogens (tertiary/aromatic N) is 3. The van der Waals surface area contributed by atoms with Gasteiger partial charge in [0.05, 0.1) is 22.7 Å². The fourth-order valence-electron chi connectivity index (χ4n) is 2.70. The van der Waals surface area contributed by atoms with Gasteiger partial charge in [0.15, 0.2) is 5.16 Å². The Balaban J connectivity index is 2.26. The molecule has 120 valence electrons. The van der Waals surface area contributed by atoms with Gasteiger partial charge >= 0.3 is 0 Å². The van der Waals surface area contributed by atoms with Gasteiger partial charge in [0.1, 0.15) is 0 Å². The second-order valence-corrected chi connectivity index (χ2v) is 6.72. The van der Waals surface area contributed by atoms with Crippen molar-refractivity contribution in [2.45, 2.75) is 25.4 Å². The van der Waals surface area contributed by atoms with Crippen molar-refractivity contribution in [1.82, 2.24) is 9.55 Å². The number of hydrogen-bond donors (Lipinski definition) is 0. The molecule has 1 heterocycles. The highest BCUT2D eigenvalue weighted by molar-refractivity contribution is 7.99. The summed E-state index contributed by atoms with van der Waals surface area (Å²) in [6.45, 7) is 4.02. The zero-order valence-corrected chi connectivity index (χ0v) is 14.4. The molecule has 3 rings (SSSR count). The third-order valence-electron chi connectivity index (χ3n) is 3.65. The molecule has 1 aromatic heterocycles. The van der Waals surface area contributed by atoms with Crippen LogP contribution in [0, 0.1) is 25.2 Å². The molecule has 0 aliphatic carbocycles. The van der Waals surface area contributed by atoms with E-state index in [-0.39, 0.29) is 5.56 Å². The van der Waals surface area contributed by atoms with E-state index in [0.29, 0.717) is 28.2 Å². The molecule has 0 amide bonds. The van der Waals surface area contributed by atoms with Gasteiger partial charge in [-0.2, -0.15) is 5.26 Å². The van der Waals surface area contributed by atoms with Gasteiger partial charge in [-0.15, -0.1) is 0 Å². The first-order valence-electron chi connectivity index (χ1n) is 7.70. The van der Waals surface area contributed by atoms with E-state index >= 15 is 0 Å². The largest absolute Gasteiger partial charge is 0.268 e. The molecule has 0 unspecified atom stereocenters. The Morgan fingerprint density at radius 3 is 2.58 bits per heavy atom. The Bertz CT molecular complexity index is 981. The number of benzene rings is 2. The van der Waals surface area contributed by atoms with Crippen LogP contribution in [-0.2, 0) is 0 Å². The maximum atomic E-state index is 13.0.